The molecule has 0 spiro atoms. The Morgan fingerprint density at radius 2 is 2.09 bits per heavy atom. The maximum absolute atomic E-state index is 12.6. The van der Waals surface area contributed by atoms with Gasteiger partial charge in [-0.2, -0.15) is 0 Å². The number of fused-ring (bicyclic) bond motifs is 2. The van der Waals surface area contributed by atoms with E-state index in [0.29, 0.717) is 11.6 Å². The summed E-state index contributed by atoms with van der Waals surface area (Å²) in [6, 6.07) is 4.20. The van der Waals surface area contributed by atoms with E-state index in [1.54, 1.807) is 11.3 Å². The van der Waals surface area contributed by atoms with E-state index < -0.39 is 0 Å². The lowest BCUT2D eigenvalue weighted by Crippen LogP contribution is -2.38. The number of carbonyl (C=O) groups excluding carboxylic acids is 1. The maximum Gasteiger partial charge on any atom is 0.227 e. The van der Waals surface area contributed by atoms with Crippen LogP contribution in [0.1, 0.15) is 42.9 Å². The van der Waals surface area contributed by atoms with E-state index in [1.807, 2.05) is 6.08 Å². The molecule has 5 heteroatoms. The Kier molecular flexibility index (Phi) is 3.99. The summed E-state index contributed by atoms with van der Waals surface area (Å²) in [4.78, 5) is 14.0. The average Bonchev–Trinajstić information content (AvgIpc) is 3.19. The normalized spacial score (nSPS) is 33.0. The highest BCUT2D eigenvalue weighted by atomic mass is 32.1. The van der Waals surface area contributed by atoms with Crippen LogP contribution in [0.2, 0.25) is 0 Å². The van der Waals surface area contributed by atoms with Gasteiger partial charge in [0.25, 0.3) is 0 Å². The molecule has 3 heterocycles. The number of amides is 1. The van der Waals surface area contributed by atoms with E-state index in [2.05, 4.69) is 28.9 Å². The number of hydrogen-bond acceptors (Lipinski definition) is 4. The fourth-order valence-corrected chi connectivity index (χ4v) is 4.68. The molecule has 2 aliphatic heterocycles. The van der Waals surface area contributed by atoms with Gasteiger partial charge >= 0.3 is 0 Å². The number of nitrogens with two attached hydrogens (primary N) is 1. The summed E-state index contributed by atoms with van der Waals surface area (Å²) >= 11 is 1.74. The predicted octanol–water partition coefficient (Wildman–Crippen LogP) is 3.04. The highest BCUT2D eigenvalue weighted by Crippen LogP contribution is 2.37. The van der Waals surface area contributed by atoms with Gasteiger partial charge in [-0.05, 0) is 43.2 Å². The van der Waals surface area contributed by atoms with Crippen LogP contribution in [0, 0.1) is 5.92 Å². The van der Waals surface area contributed by atoms with Crippen LogP contribution in [0.4, 0.5) is 0 Å². The van der Waals surface area contributed by atoms with Gasteiger partial charge in [-0.1, -0.05) is 12.1 Å². The first-order valence-electron chi connectivity index (χ1n) is 8.35. The summed E-state index contributed by atoms with van der Waals surface area (Å²) < 4.78 is 5.83. The van der Waals surface area contributed by atoms with Gasteiger partial charge in [-0.3, -0.25) is 4.79 Å². The fraction of sp³-hybridized carbons (Fsp3) is 0.500. The molecule has 4 rings (SSSR count). The zero-order valence-electron chi connectivity index (χ0n) is 13.0. The third-order valence-corrected chi connectivity index (χ3v) is 6.13. The molecule has 2 bridgehead atoms. The number of allylic oxidation sites excluding steroid dienone is 3. The molecule has 3 atom stereocenters. The van der Waals surface area contributed by atoms with Crippen molar-refractivity contribution in [3.8, 4) is 0 Å². The molecule has 1 aliphatic carbocycles. The van der Waals surface area contributed by atoms with Crippen molar-refractivity contribution in [3.05, 3.63) is 45.9 Å². The molecule has 1 aromatic heterocycles. The van der Waals surface area contributed by atoms with Crippen LogP contribution in [0.5, 0.6) is 0 Å². The Morgan fingerprint density at radius 1 is 1.30 bits per heavy atom. The maximum atomic E-state index is 12.6. The van der Waals surface area contributed by atoms with Crippen molar-refractivity contribution >= 4 is 17.2 Å². The molecule has 2 fully saturated rings. The van der Waals surface area contributed by atoms with Crippen molar-refractivity contribution < 1.29 is 9.53 Å². The van der Waals surface area contributed by atoms with E-state index in [9.17, 15) is 4.79 Å². The Morgan fingerprint density at radius 3 is 2.78 bits per heavy atom. The van der Waals surface area contributed by atoms with Crippen molar-refractivity contribution in [1.82, 2.24) is 5.32 Å². The van der Waals surface area contributed by atoms with Crippen molar-refractivity contribution in [1.29, 1.82) is 0 Å². The third kappa shape index (κ3) is 3.08. The summed E-state index contributed by atoms with van der Waals surface area (Å²) in [5.41, 5.74) is 7.65. The molecule has 0 aromatic carbocycles. The molecule has 4 nitrogen and oxygen atoms in total. The number of thiophene rings is 1. The predicted molar refractivity (Wildman–Crippen MR) is 90.8 cm³/mol. The van der Waals surface area contributed by atoms with Crippen LogP contribution >= 0.6 is 11.3 Å². The lowest BCUT2D eigenvalue weighted by atomic mass is 9.92. The highest BCUT2D eigenvalue weighted by molar-refractivity contribution is 7.10. The zero-order chi connectivity index (χ0) is 15.8. The van der Waals surface area contributed by atoms with Gasteiger partial charge in [0.15, 0.2) is 0 Å². The van der Waals surface area contributed by atoms with E-state index in [0.717, 1.165) is 37.8 Å². The minimum atomic E-state index is 0.0626. The quantitative estimate of drug-likeness (QED) is 0.895. The molecule has 3 aliphatic rings. The Hall–Kier alpha value is -1.59. The molecule has 1 aromatic rings. The van der Waals surface area contributed by atoms with Crippen molar-refractivity contribution in [3.63, 3.8) is 0 Å². The van der Waals surface area contributed by atoms with E-state index in [1.165, 1.54) is 4.88 Å². The molecule has 1 amide bonds. The lowest BCUT2D eigenvalue weighted by Gasteiger charge is -2.29. The number of nitrogens with one attached hydrogen (secondary N) is 1. The second kappa shape index (κ2) is 6.13. The zero-order valence-corrected chi connectivity index (χ0v) is 13.9. The largest absolute Gasteiger partial charge is 0.397 e. The second-order valence-corrected chi connectivity index (χ2v) is 7.71. The van der Waals surface area contributed by atoms with E-state index in [-0.39, 0.29) is 24.0 Å². The lowest BCUT2D eigenvalue weighted by molar-refractivity contribution is -0.130. The second-order valence-electron chi connectivity index (χ2n) is 6.73. The van der Waals surface area contributed by atoms with Crippen LogP contribution in [0.3, 0.4) is 0 Å². The Bertz CT molecular complexity index is 638. The smallest absolute Gasteiger partial charge is 0.227 e. The molecule has 23 heavy (non-hydrogen) atoms. The highest BCUT2D eigenvalue weighted by Gasteiger charge is 2.38. The first-order chi connectivity index (χ1) is 11.2. The summed E-state index contributed by atoms with van der Waals surface area (Å²) in [5.74, 6) is 0.486. The number of rotatable bonds is 3. The number of carbonyl (C=O) groups is 1. The van der Waals surface area contributed by atoms with Crippen LogP contribution in [0.25, 0.3) is 0 Å². The topological polar surface area (TPSA) is 64.3 Å². The number of hydrogen-bond donors (Lipinski definition) is 2. The minimum absolute atomic E-state index is 0.0626. The third-order valence-electron chi connectivity index (χ3n) is 5.12. The first-order valence-corrected chi connectivity index (χ1v) is 9.23. The summed E-state index contributed by atoms with van der Waals surface area (Å²) in [6.45, 7) is 0. The van der Waals surface area contributed by atoms with Crippen LogP contribution < -0.4 is 11.1 Å². The summed E-state index contributed by atoms with van der Waals surface area (Å²) in [7, 11) is 0. The molecular weight excluding hydrogens is 308 g/mol. The number of ether oxygens (including phenoxy) is 1. The van der Waals surface area contributed by atoms with Gasteiger partial charge in [0.2, 0.25) is 5.91 Å². The Labute approximate surface area is 140 Å². The molecule has 2 saturated heterocycles. The van der Waals surface area contributed by atoms with Crippen LogP contribution in [0.15, 0.2) is 41.1 Å². The summed E-state index contributed by atoms with van der Waals surface area (Å²) in [6.07, 6.45) is 9.28. The molecule has 3 unspecified atom stereocenters. The average molecular weight is 330 g/mol. The van der Waals surface area contributed by atoms with Gasteiger partial charge in [-0.25, -0.2) is 0 Å². The molecule has 3 N–H and O–H groups in total. The molecule has 122 valence electrons. The van der Waals surface area contributed by atoms with E-state index >= 15 is 0 Å². The van der Waals surface area contributed by atoms with Crippen molar-refractivity contribution in [2.45, 2.75) is 50.2 Å². The minimum Gasteiger partial charge on any atom is -0.397 e. The van der Waals surface area contributed by atoms with Gasteiger partial charge in [0.1, 0.15) is 0 Å². The van der Waals surface area contributed by atoms with Crippen molar-refractivity contribution in [2.24, 2.45) is 11.7 Å². The van der Waals surface area contributed by atoms with Crippen LogP contribution in [-0.4, -0.2) is 18.1 Å². The molecule has 0 saturated carbocycles. The fourth-order valence-electron chi connectivity index (χ4n) is 3.87. The SMILES string of the molecule is NC1=C(NC(=O)C2CC3CCC(C2)O3)CC(c2cccs2)C=C1. The first kappa shape index (κ1) is 15.0. The van der Waals surface area contributed by atoms with Gasteiger partial charge < -0.3 is 15.8 Å². The van der Waals surface area contributed by atoms with Gasteiger partial charge in [-0.15, -0.1) is 11.3 Å². The van der Waals surface area contributed by atoms with Gasteiger partial charge in [0.05, 0.1) is 17.9 Å². The van der Waals surface area contributed by atoms with E-state index in [4.69, 9.17) is 10.5 Å². The van der Waals surface area contributed by atoms with Crippen molar-refractivity contribution in [2.75, 3.05) is 0 Å². The standard InChI is InChI=1S/C18H22N2O2S/c19-15-6-3-11(17-2-1-7-23-17)10-16(15)20-18(21)12-8-13-4-5-14(9-12)22-13/h1-3,6-7,11-14H,4-5,8-10,19H2,(H,20,21). The van der Waals surface area contributed by atoms with Crippen LogP contribution in [-0.2, 0) is 9.53 Å². The Balaban J connectivity index is 1.43. The summed E-state index contributed by atoms with van der Waals surface area (Å²) in [5, 5.41) is 5.20. The molecular formula is C18H22N2O2S. The van der Waals surface area contributed by atoms with Gasteiger partial charge in [0, 0.05) is 28.8 Å². The molecule has 0 radical (unpaired) electrons. The monoisotopic (exact) mass is 330 g/mol.